The molecule has 0 bridgehead atoms. The van der Waals surface area contributed by atoms with E-state index in [1.54, 1.807) is 0 Å². The Morgan fingerprint density at radius 1 is 1.21 bits per heavy atom. The second-order valence-corrected chi connectivity index (χ2v) is 6.19. The van der Waals surface area contributed by atoms with Crippen LogP contribution in [0.2, 0.25) is 0 Å². The Hall–Kier alpha value is -2.37. The maximum atomic E-state index is 5.97. The first-order chi connectivity index (χ1) is 11.8. The summed E-state index contributed by atoms with van der Waals surface area (Å²) in [4.78, 5) is 4.41. The highest BCUT2D eigenvalue weighted by Crippen LogP contribution is 2.14. The van der Waals surface area contributed by atoms with Crippen LogP contribution in [-0.4, -0.2) is 27.3 Å². The van der Waals surface area contributed by atoms with Crippen molar-refractivity contribution in [2.75, 3.05) is 11.9 Å². The molecule has 24 heavy (non-hydrogen) atoms. The summed E-state index contributed by atoms with van der Waals surface area (Å²) in [6.07, 6.45) is 6.53. The lowest BCUT2D eigenvalue weighted by Gasteiger charge is -2.07. The molecular weight excluding hydrogens is 300 g/mol. The number of aromatic nitrogens is 3. The first-order valence-corrected chi connectivity index (χ1v) is 8.83. The van der Waals surface area contributed by atoms with E-state index >= 15 is 0 Å². The summed E-state index contributed by atoms with van der Waals surface area (Å²) < 4.78 is 2.26. The van der Waals surface area contributed by atoms with E-state index in [0.29, 0.717) is 12.5 Å². The van der Waals surface area contributed by atoms with Crippen molar-refractivity contribution in [2.45, 2.75) is 52.0 Å². The highest BCUT2D eigenvalue weighted by atomic mass is 15.3. The molecule has 0 saturated carbocycles. The summed E-state index contributed by atoms with van der Waals surface area (Å²) in [6.45, 7) is 3.78. The van der Waals surface area contributed by atoms with Gasteiger partial charge in [-0.15, -0.1) is 10.2 Å². The molecule has 0 fully saturated rings. The van der Waals surface area contributed by atoms with Crippen LogP contribution in [0.25, 0.3) is 0 Å². The summed E-state index contributed by atoms with van der Waals surface area (Å²) in [6, 6.07) is 8.25. The van der Waals surface area contributed by atoms with Gasteiger partial charge in [0, 0.05) is 31.6 Å². The van der Waals surface area contributed by atoms with Crippen molar-refractivity contribution in [3.05, 3.63) is 41.5 Å². The Balaban J connectivity index is 1.54. The quantitative estimate of drug-likeness (QED) is 0.653. The van der Waals surface area contributed by atoms with Gasteiger partial charge < -0.3 is 15.6 Å². The van der Waals surface area contributed by atoms with Gasteiger partial charge >= 0.3 is 0 Å². The highest BCUT2D eigenvalue weighted by molar-refractivity contribution is 5.92. The molecule has 1 aliphatic rings. The average molecular weight is 326 g/mol. The summed E-state index contributed by atoms with van der Waals surface area (Å²) >= 11 is 0. The van der Waals surface area contributed by atoms with Crippen molar-refractivity contribution in [1.82, 2.24) is 14.8 Å². The number of nitrogens with two attached hydrogens (primary N) is 1. The van der Waals surface area contributed by atoms with Gasteiger partial charge in [0.2, 0.25) is 0 Å². The number of nitrogens with one attached hydrogen (secondary N) is 1. The van der Waals surface area contributed by atoms with Crippen LogP contribution >= 0.6 is 0 Å². The zero-order valence-electron chi connectivity index (χ0n) is 14.3. The number of anilines is 1. The zero-order valence-corrected chi connectivity index (χ0v) is 14.3. The molecule has 0 unspecified atom stereocenters. The monoisotopic (exact) mass is 326 g/mol. The molecule has 0 amide bonds. The van der Waals surface area contributed by atoms with Crippen LogP contribution in [0.5, 0.6) is 0 Å². The van der Waals surface area contributed by atoms with Crippen molar-refractivity contribution in [2.24, 2.45) is 10.7 Å². The van der Waals surface area contributed by atoms with E-state index in [2.05, 4.69) is 44.1 Å². The van der Waals surface area contributed by atoms with Crippen molar-refractivity contribution in [3.8, 4) is 0 Å². The normalized spacial score (nSPS) is 15.0. The second-order valence-electron chi connectivity index (χ2n) is 6.19. The number of aliphatic imine (C=N–C) groups is 1. The smallest absolute Gasteiger partial charge is 0.193 e. The average Bonchev–Trinajstić information content (AvgIpc) is 2.82. The molecule has 0 atom stereocenters. The Bertz CT molecular complexity index is 686. The summed E-state index contributed by atoms with van der Waals surface area (Å²) in [5.74, 6) is 2.58. The Morgan fingerprint density at radius 3 is 2.83 bits per heavy atom. The van der Waals surface area contributed by atoms with Crippen molar-refractivity contribution < 1.29 is 0 Å². The van der Waals surface area contributed by atoms with Gasteiger partial charge in [-0.1, -0.05) is 25.5 Å². The van der Waals surface area contributed by atoms with E-state index in [1.807, 2.05) is 12.1 Å². The van der Waals surface area contributed by atoms with Gasteiger partial charge in [0.1, 0.15) is 11.6 Å². The molecular formula is C18H26N6. The topological polar surface area (TPSA) is 81.1 Å². The molecule has 0 saturated heterocycles. The molecule has 0 spiro atoms. The van der Waals surface area contributed by atoms with E-state index in [0.717, 1.165) is 43.1 Å². The predicted molar refractivity (Wildman–Crippen MR) is 97.2 cm³/mol. The van der Waals surface area contributed by atoms with E-state index < -0.39 is 0 Å². The molecule has 1 aromatic heterocycles. The third kappa shape index (κ3) is 4.13. The lowest BCUT2D eigenvalue weighted by molar-refractivity contribution is 0.605. The minimum Gasteiger partial charge on any atom is -0.370 e. The molecule has 3 N–H and O–H groups in total. The molecule has 1 aliphatic heterocycles. The molecule has 3 rings (SSSR count). The minimum atomic E-state index is 0.440. The molecule has 2 heterocycles. The van der Waals surface area contributed by atoms with Crippen LogP contribution in [0.3, 0.4) is 0 Å². The summed E-state index contributed by atoms with van der Waals surface area (Å²) in [5, 5.41) is 11.8. The number of guanidine groups is 1. The van der Waals surface area contributed by atoms with Crippen LogP contribution in [0.1, 0.15) is 43.4 Å². The lowest BCUT2D eigenvalue weighted by Crippen LogP contribution is -2.23. The summed E-state index contributed by atoms with van der Waals surface area (Å²) in [7, 11) is 0. The van der Waals surface area contributed by atoms with Crippen LogP contribution in [0.4, 0.5) is 5.69 Å². The zero-order chi connectivity index (χ0) is 16.8. The first-order valence-electron chi connectivity index (χ1n) is 8.83. The fourth-order valence-corrected chi connectivity index (χ4v) is 3.02. The number of hydrogen-bond acceptors (Lipinski definition) is 3. The van der Waals surface area contributed by atoms with Gasteiger partial charge in [-0.05, 0) is 37.0 Å². The molecule has 6 nitrogen and oxygen atoms in total. The molecule has 1 aromatic carbocycles. The molecule has 0 aliphatic carbocycles. The number of aryl methyl sites for hydroxylation is 2. The van der Waals surface area contributed by atoms with Gasteiger partial charge in [-0.3, -0.25) is 4.99 Å². The van der Waals surface area contributed by atoms with Gasteiger partial charge in [-0.25, -0.2) is 0 Å². The van der Waals surface area contributed by atoms with Gasteiger partial charge in [0.15, 0.2) is 5.96 Å². The Kier molecular flexibility index (Phi) is 5.46. The number of hydrogen-bond donors (Lipinski definition) is 2. The number of rotatable bonds is 5. The van der Waals surface area contributed by atoms with Crippen LogP contribution < -0.4 is 11.1 Å². The number of nitrogens with zero attached hydrogens (tertiary/aromatic N) is 4. The standard InChI is InChI=1S/C18H26N6/c1-2-14-7-9-15(10-8-14)21-18(19)20-12-11-17-23-22-16-6-4-3-5-13-24(16)17/h7-10H,2-6,11-13H2,1H3,(H3,19,20,21). The molecule has 2 aromatic rings. The number of benzene rings is 1. The van der Waals surface area contributed by atoms with E-state index in [9.17, 15) is 0 Å². The number of fused-ring (bicyclic) bond motifs is 1. The van der Waals surface area contributed by atoms with Crippen LogP contribution in [0.15, 0.2) is 29.3 Å². The Labute approximate surface area is 143 Å². The van der Waals surface area contributed by atoms with Crippen LogP contribution in [-0.2, 0) is 25.8 Å². The largest absolute Gasteiger partial charge is 0.370 e. The van der Waals surface area contributed by atoms with E-state index in [1.165, 1.54) is 24.8 Å². The van der Waals surface area contributed by atoms with Gasteiger partial charge in [0.25, 0.3) is 0 Å². The first kappa shape index (κ1) is 16.5. The van der Waals surface area contributed by atoms with Crippen molar-refractivity contribution in [3.63, 3.8) is 0 Å². The van der Waals surface area contributed by atoms with Gasteiger partial charge in [-0.2, -0.15) is 0 Å². The maximum absolute atomic E-state index is 5.97. The lowest BCUT2D eigenvalue weighted by atomic mass is 10.1. The predicted octanol–water partition coefficient (Wildman–Crippen LogP) is 2.54. The maximum Gasteiger partial charge on any atom is 0.193 e. The third-order valence-corrected chi connectivity index (χ3v) is 4.44. The van der Waals surface area contributed by atoms with Crippen molar-refractivity contribution in [1.29, 1.82) is 0 Å². The highest BCUT2D eigenvalue weighted by Gasteiger charge is 2.13. The molecule has 6 heteroatoms. The molecule has 128 valence electrons. The SMILES string of the molecule is CCc1ccc(NC(N)=NCCc2nnc3n2CCCCC3)cc1. The van der Waals surface area contributed by atoms with E-state index in [4.69, 9.17) is 5.73 Å². The minimum absolute atomic E-state index is 0.440. The fourth-order valence-electron chi connectivity index (χ4n) is 3.02. The summed E-state index contributed by atoms with van der Waals surface area (Å²) in [5.41, 5.74) is 8.25. The Morgan fingerprint density at radius 2 is 2.04 bits per heavy atom. The van der Waals surface area contributed by atoms with Crippen molar-refractivity contribution >= 4 is 11.6 Å². The van der Waals surface area contributed by atoms with Gasteiger partial charge in [0.05, 0.1) is 0 Å². The van der Waals surface area contributed by atoms with Crippen LogP contribution in [0, 0.1) is 0 Å². The molecule has 0 radical (unpaired) electrons. The van der Waals surface area contributed by atoms with E-state index in [-0.39, 0.29) is 0 Å². The second kappa shape index (κ2) is 7.95. The fraction of sp³-hybridized carbons (Fsp3) is 0.500. The third-order valence-electron chi connectivity index (χ3n) is 4.44.